The fraction of sp³-hybridized carbons (Fsp3) is 0.348. The van der Waals surface area contributed by atoms with Gasteiger partial charge in [-0.25, -0.2) is 0 Å². The van der Waals surface area contributed by atoms with Crippen LogP contribution in [0, 0.1) is 0 Å². The van der Waals surface area contributed by atoms with Crippen LogP contribution in [0.1, 0.15) is 18.9 Å². The molecule has 2 N–H and O–H groups in total. The Balaban J connectivity index is 1.82. The van der Waals surface area contributed by atoms with Crippen molar-refractivity contribution in [3.05, 3.63) is 59.1 Å². The lowest BCUT2D eigenvalue weighted by atomic mass is 10.0. The summed E-state index contributed by atoms with van der Waals surface area (Å²) in [6.45, 7) is 1.26. The van der Waals surface area contributed by atoms with E-state index in [2.05, 4.69) is 5.32 Å². The predicted octanol–water partition coefficient (Wildman–Crippen LogP) is 2.67. The number of aryl methyl sites for hydroxylation is 1. The third-order valence-corrected chi connectivity index (χ3v) is 5.25. The van der Waals surface area contributed by atoms with Crippen LogP contribution in [0.25, 0.3) is 0 Å². The number of nitrogens with zero attached hydrogens (tertiary/aromatic N) is 1. The van der Waals surface area contributed by atoms with Crippen molar-refractivity contribution >= 4 is 35.1 Å². The second-order valence-electron chi connectivity index (χ2n) is 7.29. The standard InChI is InChI=1S/C23H25ClN2O6/c1-2-31-23(30)17(10-8-15-6-4-3-5-7-15)25-18-14-32-20-11-9-16(24)12-19(20)26(22(18)29)13-21(27)28/h3-7,9,11-12,17-18,25H,2,8,10,13-14H2,1H3,(H,27,28)/t17?,18-/m0/s1. The van der Waals surface area contributed by atoms with E-state index in [9.17, 15) is 19.5 Å². The van der Waals surface area contributed by atoms with Gasteiger partial charge in [0.25, 0.3) is 0 Å². The third kappa shape index (κ3) is 5.99. The van der Waals surface area contributed by atoms with E-state index in [0.717, 1.165) is 10.5 Å². The van der Waals surface area contributed by atoms with Crippen molar-refractivity contribution < 1.29 is 29.0 Å². The van der Waals surface area contributed by atoms with E-state index in [0.29, 0.717) is 23.6 Å². The minimum atomic E-state index is -1.18. The summed E-state index contributed by atoms with van der Waals surface area (Å²) in [6.07, 6.45) is 0.984. The summed E-state index contributed by atoms with van der Waals surface area (Å²) in [7, 11) is 0. The lowest BCUT2D eigenvalue weighted by Gasteiger charge is -2.26. The fourth-order valence-corrected chi connectivity index (χ4v) is 3.67. The normalized spacial score (nSPS) is 16.5. The van der Waals surface area contributed by atoms with Crippen molar-refractivity contribution in [3.63, 3.8) is 0 Å². The summed E-state index contributed by atoms with van der Waals surface area (Å²) in [4.78, 5) is 38.4. The van der Waals surface area contributed by atoms with E-state index < -0.39 is 36.5 Å². The Morgan fingerprint density at radius 1 is 1.28 bits per heavy atom. The lowest BCUT2D eigenvalue weighted by molar-refractivity contribution is -0.146. The molecule has 1 heterocycles. The number of ether oxygens (including phenoxy) is 2. The zero-order valence-electron chi connectivity index (χ0n) is 17.6. The minimum absolute atomic E-state index is 0.0785. The highest BCUT2D eigenvalue weighted by Crippen LogP contribution is 2.34. The number of hydrogen-bond acceptors (Lipinski definition) is 6. The van der Waals surface area contributed by atoms with Crippen molar-refractivity contribution in [3.8, 4) is 5.75 Å². The number of nitrogens with one attached hydrogen (secondary N) is 1. The van der Waals surface area contributed by atoms with Crippen LogP contribution in [-0.2, 0) is 25.5 Å². The Morgan fingerprint density at radius 3 is 2.72 bits per heavy atom. The number of fused-ring (bicyclic) bond motifs is 1. The first kappa shape index (κ1) is 23.6. The number of carboxylic acid groups (broad SMARTS) is 1. The number of carbonyl (C=O) groups excluding carboxylic acids is 2. The number of benzene rings is 2. The van der Waals surface area contributed by atoms with E-state index in [1.807, 2.05) is 30.3 Å². The van der Waals surface area contributed by atoms with Crippen molar-refractivity contribution in [1.29, 1.82) is 0 Å². The van der Waals surface area contributed by atoms with E-state index in [1.54, 1.807) is 19.1 Å². The van der Waals surface area contributed by atoms with Crippen LogP contribution >= 0.6 is 11.6 Å². The van der Waals surface area contributed by atoms with Gasteiger partial charge in [-0.15, -0.1) is 0 Å². The molecule has 3 rings (SSSR count). The number of rotatable bonds is 9. The van der Waals surface area contributed by atoms with Crippen LogP contribution in [0.3, 0.4) is 0 Å². The highest BCUT2D eigenvalue weighted by atomic mass is 35.5. The quantitative estimate of drug-likeness (QED) is 0.554. The van der Waals surface area contributed by atoms with Gasteiger partial charge >= 0.3 is 11.9 Å². The van der Waals surface area contributed by atoms with Crippen molar-refractivity contribution in [2.45, 2.75) is 31.8 Å². The molecular formula is C23H25ClN2O6. The van der Waals surface area contributed by atoms with Crippen molar-refractivity contribution in [1.82, 2.24) is 5.32 Å². The zero-order valence-corrected chi connectivity index (χ0v) is 18.4. The second kappa shape index (κ2) is 11.0. The van der Waals surface area contributed by atoms with Crippen molar-refractivity contribution in [2.75, 3.05) is 24.7 Å². The van der Waals surface area contributed by atoms with Gasteiger partial charge in [0.1, 0.15) is 31.0 Å². The van der Waals surface area contributed by atoms with Crippen LogP contribution < -0.4 is 15.0 Å². The maximum Gasteiger partial charge on any atom is 0.323 e. The first-order valence-corrected chi connectivity index (χ1v) is 10.7. The second-order valence-corrected chi connectivity index (χ2v) is 7.73. The Kier molecular flexibility index (Phi) is 8.08. The number of carbonyl (C=O) groups is 3. The van der Waals surface area contributed by atoms with Crippen molar-refractivity contribution in [2.24, 2.45) is 0 Å². The van der Waals surface area contributed by atoms with Gasteiger partial charge in [0.05, 0.1) is 12.3 Å². The molecule has 2 atom stereocenters. The molecule has 1 aliphatic heterocycles. The summed E-state index contributed by atoms with van der Waals surface area (Å²) in [5, 5.41) is 12.7. The summed E-state index contributed by atoms with van der Waals surface area (Å²) >= 11 is 6.06. The van der Waals surface area contributed by atoms with Crippen LogP contribution in [-0.4, -0.2) is 54.8 Å². The van der Waals surface area contributed by atoms with Crippen LogP contribution in [0.4, 0.5) is 5.69 Å². The molecular weight excluding hydrogens is 436 g/mol. The topological polar surface area (TPSA) is 105 Å². The molecule has 0 saturated heterocycles. The van der Waals surface area contributed by atoms with Gasteiger partial charge in [-0.3, -0.25) is 24.6 Å². The molecule has 0 spiro atoms. The molecule has 0 fully saturated rings. The number of amides is 1. The largest absolute Gasteiger partial charge is 0.489 e. The Morgan fingerprint density at radius 2 is 2.03 bits per heavy atom. The molecule has 1 amide bonds. The maximum absolute atomic E-state index is 13.3. The molecule has 0 radical (unpaired) electrons. The summed E-state index contributed by atoms with van der Waals surface area (Å²) in [6, 6.07) is 12.6. The molecule has 0 aliphatic carbocycles. The number of aliphatic carboxylic acids is 1. The molecule has 0 aromatic heterocycles. The van der Waals surface area contributed by atoms with E-state index >= 15 is 0 Å². The SMILES string of the molecule is CCOC(=O)C(CCc1ccccc1)N[C@H]1COc2ccc(Cl)cc2N(CC(=O)O)C1=O. The smallest absolute Gasteiger partial charge is 0.323 e. The van der Waals surface area contributed by atoms with Gasteiger partial charge in [-0.05, 0) is 43.5 Å². The van der Waals surface area contributed by atoms with Gasteiger partial charge in [0.15, 0.2) is 0 Å². The van der Waals surface area contributed by atoms with Crippen LogP contribution in [0.2, 0.25) is 5.02 Å². The molecule has 170 valence electrons. The number of halogens is 1. The van der Waals surface area contributed by atoms with E-state index in [4.69, 9.17) is 21.1 Å². The van der Waals surface area contributed by atoms with Gasteiger partial charge in [0, 0.05) is 5.02 Å². The maximum atomic E-state index is 13.3. The summed E-state index contributed by atoms with van der Waals surface area (Å²) in [5.74, 6) is -1.85. The third-order valence-electron chi connectivity index (χ3n) is 5.01. The van der Waals surface area contributed by atoms with Crippen LogP contribution in [0.15, 0.2) is 48.5 Å². The van der Waals surface area contributed by atoms with Gasteiger partial charge in [-0.2, -0.15) is 0 Å². The first-order valence-electron chi connectivity index (χ1n) is 10.3. The zero-order chi connectivity index (χ0) is 23.1. The average molecular weight is 461 g/mol. The first-order chi connectivity index (χ1) is 15.4. The molecule has 32 heavy (non-hydrogen) atoms. The Hall–Kier alpha value is -3.10. The molecule has 0 bridgehead atoms. The van der Waals surface area contributed by atoms with E-state index in [1.165, 1.54) is 6.07 Å². The van der Waals surface area contributed by atoms with Crippen LogP contribution in [0.5, 0.6) is 5.75 Å². The molecule has 2 aromatic carbocycles. The number of hydrogen-bond donors (Lipinski definition) is 2. The highest BCUT2D eigenvalue weighted by Gasteiger charge is 2.35. The fourth-order valence-electron chi connectivity index (χ4n) is 3.50. The monoisotopic (exact) mass is 460 g/mol. The number of carboxylic acids is 1. The van der Waals surface area contributed by atoms with Gasteiger partial charge < -0.3 is 14.6 Å². The molecule has 2 aromatic rings. The molecule has 8 nitrogen and oxygen atoms in total. The number of esters is 1. The van der Waals surface area contributed by atoms with Gasteiger partial charge in [0.2, 0.25) is 5.91 Å². The molecule has 1 aliphatic rings. The summed E-state index contributed by atoms with van der Waals surface area (Å²) < 4.78 is 11.0. The molecule has 1 unspecified atom stereocenters. The molecule has 0 saturated carbocycles. The van der Waals surface area contributed by atoms with Gasteiger partial charge in [-0.1, -0.05) is 41.9 Å². The molecule has 9 heteroatoms. The summed E-state index contributed by atoms with van der Waals surface area (Å²) in [5.41, 5.74) is 1.31. The highest BCUT2D eigenvalue weighted by molar-refractivity contribution is 6.31. The predicted molar refractivity (Wildman–Crippen MR) is 119 cm³/mol. The van der Waals surface area contributed by atoms with E-state index in [-0.39, 0.29) is 18.9 Å². The average Bonchev–Trinajstić information content (AvgIpc) is 2.89. The Bertz CT molecular complexity index is 968. The lowest BCUT2D eigenvalue weighted by Crippen LogP contribution is -2.55. The Labute approximate surface area is 191 Å². The number of anilines is 1. The minimum Gasteiger partial charge on any atom is -0.489 e.